The molecule has 1 unspecified atom stereocenters. The van der Waals surface area contributed by atoms with E-state index in [9.17, 15) is 9.90 Å². The number of carboxylic acid groups (broad SMARTS) is 1. The highest BCUT2D eigenvalue weighted by atomic mass is 16.4. The van der Waals surface area contributed by atoms with Crippen LogP contribution < -0.4 is 5.32 Å². The van der Waals surface area contributed by atoms with Crippen molar-refractivity contribution in [3.8, 4) is 0 Å². The number of fused-ring (bicyclic) bond motifs is 1. The van der Waals surface area contributed by atoms with Gasteiger partial charge in [0.05, 0.1) is 0 Å². The maximum atomic E-state index is 11.7. The molecule has 0 radical (unpaired) electrons. The summed E-state index contributed by atoms with van der Waals surface area (Å²) in [5, 5.41) is 12.9. The molecule has 0 aromatic heterocycles. The Bertz CT molecular complexity index is 442. The third-order valence-electron chi connectivity index (χ3n) is 3.76. The van der Waals surface area contributed by atoms with E-state index in [1.54, 1.807) is 0 Å². The van der Waals surface area contributed by atoms with E-state index in [4.69, 9.17) is 0 Å². The summed E-state index contributed by atoms with van der Waals surface area (Å²) in [5.74, 6) is -0.170. The van der Waals surface area contributed by atoms with Crippen molar-refractivity contribution in [1.29, 1.82) is 0 Å². The minimum atomic E-state index is -0.870. The number of carbonyl (C=O) groups is 1. The molecule has 1 aliphatic rings. The fraction of sp³-hybridized carbons (Fsp3) is 0.533. The summed E-state index contributed by atoms with van der Waals surface area (Å²) in [6.07, 6.45) is 2.49. The molecule has 0 saturated carbocycles. The maximum Gasteiger partial charge on any atom is 0.328 e. The third-order valence-corrected chi connectivity index (χ3v) is 3.76. The number of hydrogen-bond acceptors (Lipinski definition) is 2. The van der Waals surface area contributed by atoms with Crippen molar-refractivity contribution in [3.05, 3.63) is 35.4 Å². The van der Waals surface area contributed by atoms with E-state index in [-0.39, 0.29) is 0 Å². The Kier molecular flexibility index (Phi) is 3.71. The number of carboxylic acids is 1. The topological polar surface area (TPSA) is 49.3 Å². The molecule has 18 heavy (non-hydrogen) atoms. The van der Waals surface area contributed by atoms with E-state index < -0.39 is 11.5 Å². The van der Waals surface area contributed by atoms with Crippen molar-refractivity contribution in [2.45, 2.75) is 38.6 Å². The smallest absolute Gasteiger partial charge is 0.328 e. The van der Waals surface area contributed by atoms with E-state index in [1.165, 1.54) is 0 Å². The second-order valence-electron chi connectivity index (χ2n) is 5.48. The van der Waals surface area contributed by atoms with Gasteiger partial charge in [-0.3, -0.25) is 5.32 Å². The molecule has 1 aromatic rings. The van der Waals surface area contributed by atoms with Crippen molar-refractivity contribution in [2.24, 2.45) is 5.92 Å². The molecular weight excluding hydrogens is 226 g/mol. The van der Waals surface area contributed by atoms with Crippen LogP contribution in [0.5, 0.6) is 0 Å². The van der Waals surface area contributed by atoms with Crippen molar-refractivity contribution in [2.75, 3.05) is 6.54 Å². The van der Waals surface area contributed by atoms with Crippen LogP contribution in [0.3, 0.4) is 0 Å². The number of rotatable bonds is 5. The molecule has 1 aliphatic carbocycles. The van der Waals surface area contributed by atoms with Gasteiger partial charge in [0.2, 0.25) is 0 Å². The lowest BCUT2D eigenvalue weighted by Crippen LogP contribution is -2.48. The molecule has 0 fully saturated rings. The fourth-order valence-electron chi connectivity index (χ4n) is 2.67. The molecule has 2 N–H and O–H groups in total. The molecule has 1 atom stereocenters. The second-order valence-corrected chi connectivity index (χ2v) is 5.48. The summed E-state index contributed by atoms with van der Waals surface area (Å²) in [6, 6.07) is 7.87. The van der Waals surface area contributed by atoms with Crippen LogP contribution in [0.1, 0.15) is 37.8 Å². The largest absolute Gasteiger partial charge is 0.480 e. The molecule has 1 aromatic carbocycles. The Balaban J connectivity index is 2.22. The first-order chi connectivity index (χ1) is 8.56. The zero-order valence-corrected chi connectivity index (χ0v) is 11.1. The Morgan fingerprint density at radius 1 is 1.44 bits per heavy atom. The number of benzene rings is 1. The third kappa shape index (κ3) is 2.27. The first kappa shape index (κ1) is 13.1. The SMILES string of the molecule is CC(C)CCNC1(C(=O)O)CCc2ccccc21. The quantitative estimate of drug-likeness (QED) is 0.840. The van der Waals surface area contributed by atoms with Gasteiger partial charge in [-0.15, -0.1) is 0 Å². The van der Waals surface area contributed by atoms with Gasteiger partial charge in [0.25, 0.3) is 0 Å². The molecule has 3 nitrogen and oxygen atoms in total. The van der Waals surface area contributed by atoms with E-state index in [1.807, 2.05) is 24.3 Å². The Morgan fingerprint density at radius 2 is 2.17 bits per heavy atom. The lowest BCUT2D eigenvalue weighted by atomic mass is 9.91. The van der Waals surface area contributed by atoms with Crippen LogP contribution in [0.2, 0.25) is 0 Å². The maximum absolute atomic E-state index is 11.7. The van der Waals surface area contributed by atoms with Crippen LogP contribution >= 0.6 is 0 Å². The molecule has 0 bridgehead atoms. The molecule has 0 amide bonds. The number of aliphatic carboxylic acids is 1. The summed E-state index contributed by atoms with van der Waals surface area (Å²) in [6.45, 7) is 5.05. The number of aryl methyl sites for hydroxylation is 1. The standard InChI is InChI=1S/C15H21NO2/c1-11(2)8-10-16-15(14(17)18)9-7-12-5-3-4-6-13(12)15/h3-6,11,16H,7-10H2,1-2H3,(H,17,18). The van der Waals surface area contributed by atoms with Gasteiger partial charge < -0.3 is 5.11 Å². The zero-order valence-electron chi connectivity index (χ0n) is 11.1. The fourth-order valence-corrected chi connectivity index (χ4v) is 2.67. The van der Waals surface area contributed by atoms with Gasteiger partial charge in [0.15, 0.2) is 0 Å². The van der Waals surface area contributed by atoms with Gasteiger partial charge in [0.1, 0.15) is 5.54 Å². The van der Waals surface area contributed by atoms with Crippen LogP contribution in [0.15, 0.2) is 24.3 Å². The molecule has 2 rings (SSSR count). The van der Waals surface area contributed by atoms with Gasteiger partial charge in [-0.05, 0) is 42.9 Å². The van der Waals surface area contributed by atoms with Gasteiger partial charge in [0, 0.05) is 0 Å². The van der Waals surface area contributed by atoms with Gasteiger partial charge in [-0.1, -0.05) is 38.1 Å². The average molecular weight is 247 g/mol. The normalized spacial score (nSPS) is 22.2. The van der Waals surface area contributed by atoms with Crippen LogP contribution in [-0.2, 0) is 16.8 Å². The summed E-state index contributed by atoms with van der Waals surface area (Å²) in [4.78, 5) is 11.7. The van der Waals surface area contributed by atoms with Gasteiger partial charge >= 0.3 is 5.97 Å². The molecule has 3 heteroatoms. The van der Waals surface area contributed by atoms with E-state index in [0.29, 0.717) is 12.3 Å². The highest BCUT2D eigenvalue weighted by Crippen LogP contribution is 2.37. The Labute approximate surface area is 108 Å². The lowest BCUT2D eigenvalue weighted by molar-refractivity contribution is -0.145. The summed E-state index contributed by atoms with van der Waals surface area (Å²) in [7, 11) is 0. The summed E-state index contributed by atoms with van der Waals surface area (Å²) < 4.78 is 0. The number of nitrogens with one attached hydrogen (secondary N) is 1. The molecule has 0 heterocycles. The van der Waals surface area contributed by atoms with E-state index in [2.05, 4.69) is 19.2 Å². The molecular formula is C15H21NO2. The molecule has 0 aliphatic heterocycles. The summed E-state index contributed by atoms with van der Waals surface area (Å²) >= 11 is 0. The average Bonchev–Trinajstić information content (AvgIpc) is 2.69. The van der Waals surface area contributed by atoms with E-state index >= 15 is 0 Å². The van der Waals surface area contributed by atoms with Crippen LogP contribution in [0, 0.1) is 5.92 Å². The number of hydrogen-bond donors (Lipinski definition) is 2. The molecule has 0 spiro atoms. The van der Waals surface area contributed by atoms with Crippen LogP contribution in [0.25, 0.3) is 0 Å². The van der Waals surface area contributed by atoms with E-state index in [0.717, 1.165) is 30.5 Å². The van der Waals surface area contributed by atoms with Gasteiger partial charge in [-0.25, -0.2) is 4.79 Å². The second kappa shape index (κ2) is 5.11. The highest BCUT2D eigenvalue weighted by Gasteiger charge is 2.44. The first-order valence-electron chi connectivity index (χ1n) is 6.63. The van der Waals surface area contributed by atoms with Gasteiger partial charge in [-0.2, -0.15) is 0 Å². The molecule has 0 saturated heterocycles. The van der Waals surface area contributed by atoms with Crippen molar-refractivity contribution in [1.82, 2.24) is 5.32 Å². The minimum absolute atomic E-state index is 0.583. The van der Waals surface area contributed by atoms with Crippen molar-refractivity contribution >= 4 is 5.97 Å². The van der Waals surface area contributed by atoms with Crippen LogP contribution in [0.4, 0.5) is 0 Å². The Hall–Kier alpha value is -1.35. The lowest BCUT2D eigenvalue weighted by Gasteiger charge is -2.27. The predicted octanol–water partition coefficient (Wildman–Crippen LogP) is 2.55. The monoisotopic (exact) mass is 247 g/mol. The zero-order chi connectivity index (χ0) is 13.2. The molecule has 98 valence electrons. The summed E-state index contributed by atoms with van der Waals surface area (Å²) in [5.41, 5.74) is 1.24. The van der Waals surface area contributed by atoms with Crippen molar-refractivity contribution < 1.29 is 9.90 Å². The Morgan fingerprint density at radius 3 is 2.83 bits per heavy atom. The first-order valence-corrected chi connectivity index (χ1v) is 6.63. The highest BCUT2D eigenvalue weighted by molar-refractivity contribution is 5.82. The minimum Gasteiger partial charge on any atom is -0.480 e. The predicted molar refractivity (Wildman–Crippen MR) is 71.5 cm³/mol. The van der Waals surface area contributed by atoms with Crippen LogP contribution in [-0.4, -0.2) is 17.6 Å². The van der Waals surface area contributed by atoms with Crippen molar-refractivity contribution in [3.63, 3.8) is 0 Å².